The van der Waals surface area contributed by atoms with Crippen molar-refractivity contribution in [3.8, 4) is 11.5 Å². The first-order valence-corrected chi connectivity index (χ1v) is 9.23. The zero-order chi connectivity index (χ0) is 21.2. The van der Waals surface area contributed by atoms with Crippen LogP contribution < -0.4 is 20.2 Å². The van der Waals surface area contributed by atoms with Crippen LogP contribution in [0, 0.1) is 6.92 Å². The maximum Gasteiger partial charge on any atom is 0.329 e. The second kappa shape index (κ2) is 10.9. The van der Waals surface area contributed by atoms with E-state index < -0.39 is 11.8 Å². The summed E-state index contributed by atoms with van der Waals surface area (Å²) in [5, 5.41) is 6.87. The molecular weight excluding hydrogens is 394 g/mol. The fourth-order valence-electron chi connectivity index (χ4n) is 2.30. The third kappa shape index (κ3) is 6.65. The number of rotatable bonds is 8. The van der Waals surface area contributed by atoms with Crippen molar-refractivity contribution in [3.05, 3.63) is 65.2 Å². The lowest BCUT2D eigenvalue weighted by atomic mass is 10.2. The zero-order valence-corrected chi connectivity index (χ0v) is 17.0. The van der Waals surface area contributed by atoms with Crippen molar-refractivity contribution < 1.29 is 19.1 Å². The molecule has 0 aromatic heterocycles. The fourth-order valence-corrected chi connectivity index (χ4v) is 2.53. The molecule has 0 aliphatic carbocycles. The molecule has 0 fully saturated rings. The maximum absolute atomic E-state index is 12.0. The van der Waals surface area contributed by atoms with Crippen LogP contribution in [0.5, 0.6) is 11.5 Å². The van der Waals surface area contributed by atoms with Crippen LogP contribution in [0.3, 0.4) is 0 Å². The molecule has 152 valence electrons. The molecule has 7 nitrogen and oxygen atoms in total. The number of hydrogen-bond acceptors (Lipinski definition) is 5. The van der Waals surface area contributed by atoms with Crippen LogP contribution in [-0.2, 0) is 9.59 Å². The second-order valence-corrected chi connectivity index (χ2v) is 6.29. The van der Waals surface area contributed by atoms with Crippen molar-refractivity contribution in [2.75, 3.05) is 18.5 Å². The molecule has 0 bridgehead atoms. The monoisotopic (exact) mass is 415 g/mol. The zero-order valence-electron chi connectivity index (χ0n) is 16.2. The van der Waals surface area contributed by atoms with Gasteiger partial charge in [-0.25, -0.2) is 5.43 Å². The van der Waals surface area contributed by atoms with Crippen molar-refractivity contribution >= 4 is 35.3 Å². The largest absolute Gasteiger partial charge is 0.490 e. The Labute approximate surface area is 174 Å². The highest BCUT2D eigenvalue weighted by Crippen LogP contribution is 2.28. The van der Waals surface area contributed by atoms with E-state index in [2.05, 4.69) is 22.4 Å². The van der Waals surface area contributed by atoms with Crippen LogP contribution in [0.2, 0.25) is 5.02 Å². The first kappa shape index (κ1) is 22.0. The number of anilines is 1. The molecule has 2 amide bonds. The molecule has 0 radical (unpaired) electrons. The Morgan fingerprint density at radius 3 is 2.62 bits per heavy atom. The Hall–Kier alpha value is -3.32. The van der Waals surface area contributed by atoms with E-state index in [0.717, 1.165) is 5.56 Å². The molecule has 2 N–H and O–H groups in total. The summed E-state index contributed by atoms with van der Waals surface area (Å²) in [7, 11) is 0. The molecule has 0 aliphatic rings. The number of nitrogens with zero attached hydrogens (tertiary/aromatic N) is 1. The summed E-state index contributed by atoms with van der Waals surface area (Å²) >= 11 is 5.88. The van der Waals surface area contributed by atoms with Gasteiger partial charge in [0.1, 0.15) is 6.61 Å². The van der Waals surface area contributed by atoms with Gasteiger partial charge < -0.3 is 14.8 Å². The Morgan fingerprint density at radius 1 is 1.14 bits per heavy atom. The average molecular weight is 416 g/mol. The minimum atomic E-state index is -0.897. The number of aryl methyl sites for hydroxylation is 1. The van der Waals surface area contributed by atoms with E-state index in [1.54, 1.807) is 49.4 Å². The number of carbonyl (C=O) groups is 2. The lowest BCUT2D eigenvalue weighted by Gasteiger charge is -2.11. The number of benzene rings is 2. The molecule has 0 unspecified atom stereocenters. The second-order valence-electron chi connectivity index (χ2n) is 5.85. The van der Waals surface area contributed by atoms with Gasteiger partial charge in [-0.05, 0) is 61.4 Å². The Kier molecular flexibility index (Phi) is 8.24. The van der Waals surface area contributed by atoms with Gasteiger partial charge in [0.05, 0.1) is 12.8 Å². The van der Waals surface area contributed by atoms with Crippen molar-refractivity contribution in [1.82, 2.24) is 5.43 Å². The Morgan fingerprint density at radius 2 is 1.93 bits per heavy atom. The number of hydrogen-bond donors (Lipinski definition) is 2. The number of amides is 2. The number of halogens is 1. The summed E-state index contributed by atoms with van der Waals surface area (Å²) in [5.74, 6) is -0.617. The summed E-state index contributed by atoms with van der Waals surface area (Å²) in [5.41, 5.74) is 4.09. The quantitative estimate of drug-likeness (QED) is 0.298. The lowest BCUT2D eigenvalue weighted by molar-refractivity contribution is -0.136. The highest BCUT2D eigenvalue weighted by molar-refractivity contribution is 6.39. The molecular formula is C21H22ClN3O4. The Balaban J connectivity index is 1.98. The summed E-state index contributed by atoms with van der Waals surface area (Å²) in [6, 6.07) is 10.1. The van der Waals surface area contributed by atoms with Gasteiger partial charge >= 0.3 is 11.8 Å². The first-order chi connectivity index (χ1) is 13.9. The summed E-state index contributed by atoms with van der Waals surface area (Å²) in [6.45, 7) is 8.06. The van der Waals surface area contributed by atoms with Crippen LogP contribution in [0.4, 0.5) is 5.69 Å². The van der Waals surface area contributed by atoms with Gasteiger partial charge in [0.15, 0.2) is 11.5 Å². The van der Waals surface area contributed by atoms with E-state index in [-0.39, 0.29) is 0 Å². The molecule has 2 rings (SSSR count). The van der Waals surface area contributed by atoms with E-state index in [1.807, 2.05) is 6.92 Å². The van der Waals surface area contributed by atoms with Crippen molar-refractivity contribution in [1.29, 1.82) is 0 Å². The van der Waals surface area contributed by atoms with Crippen LogP contribution in [-0.4, -0.2) is 31.2 Å². The van der Waals surface area contributed by atoms with Crippen LogP contribution in [0.15, 0.2) is 54.2 Å². The van der Waals surface area contributed by atoms with Crippen LogP contribution in [0.1, 0.15) is 18.1 Å². The highest BCUT2D eigenvalue weighted by atomic mass is 35.5. The predicted molar refractivity (Wildman–Crippen MR) is 114 cm³/mol. The van der Waals surface area contributed by atoms with Crippen LogP contribution in [0.25, 0.3) is 0 Å². The molecule has 0 atom stereocenters. The molecule has 2 aromatic rings. The van der Waals surface area contributed by atoms with E-state index in [0.29, 0.717) is 41.0 Å². The van der Waals surface area contributed by atoms with E-state index >= 15 is 0 Å². The SMILES string of the molecule is C=CCOc1ccc(/C=N\NC(=O)C(=O)Nc2ccc(Cl)cc2C)cc1OCC. The van der Waals surface area contributed by atoms with Gasteiger partial charge in [0.25, 0.3) is 0 Å². The highest BCUT2D eigenvalue weighted by Gasteiger charge is 2.14. The topological polar surface area (TPSA) is 89.0 Å². The number of hydrazone groups is 1. The van der Waals surface area contributed by atoms with Gasteiger partial charge in [-0.15, -0.1) is 0 Å². The standard InChI is InChI=1S/C21H22ClN3O4/c1-4-10-29-18-9-6-15(12-19(18)28-5-2)13-23-25-21(27)20(26)24-17-8-7-16(22)11-14(17)3/h4,6-9,11-13H,1,5,10H2,2-3H3,(H,24,26)(H,25,27)/b23-13-. The van der Waals surface area contributed by atoms with Gasteiger partial charge in [0.2, 0.25) is 0 Å². The molecule has 0 spiro atoms. The molecule has 0 aliphatic heterocycles. The van der Waals surface area contributed by atoms with Gasteiger partial charge in [0, 0.05) is 10.7 Å². The van der Waals surface area contributed by atoms with Crippen molar-refractivity contribution in [2.24, 2.45) is 5.10 Å². The van der Waals surface area contributed by atoms with E-state index in [9.17, 15) is 9.59 Å². The fraction of sp³-hybridized carbons (Fsp3) is 0.190. The number of ether oxygens (including phenoxy) is 2. The number of carbonyl (C=O) groups excluding carboxylic acids is 2. The number of nitrogens with one attached hydrogen (secondary N) is 2. The smallest absolute Gasteiger partial charge is 0.329 e. The Bertz CT molecular complexity index is 928. The molecule has 0 heterocycles. The van der Waals surface area contributed by atoms with Crippen molar-refractivity contribution in [3.63, 3.8) is 0 Å². The third-order valence-corrected chi connectivity index (χ3v) is 3.88. The third-order valence-electron chi connectivity index (χ3n) is 3.65. The molecule has 8 heteroatoms. The molecule has 0 saturated heterocycles. The van der Waals surface area contributed by atoms with Crippen molar-refractivity contribution in [2.45, 2.75) is 13.8 Å². The van der Waals surface area contributed by atoms with Gasteiger partial charge in [-0.1, -0.05) is 24.3 Å². The molecule has 0 saturated carbocycles. The minimum Gasteiger partial charge on any atom is -0.490 e. The normalized spacial score (nSPS) is 10.4. The van der Waals surface area contributed by atoms with E-state index in [1.165, 1.54) is 6.21 Å². The molecule has 29 heavy (non-hydrogen) atoms. The predicted octanol–water partition coefficient (Wildman–Crippen LogP) is 3.70. The van der Waals surface area contributed by atoms with Gasteiger partial charge in [-0.3, -0.25) is 9.59 Å². The summed E-state index contributed by atoms with van der Waals surface area (Å²) < 4.78 is 11.1. The molecule has 2 aromatic carbocycles. The lowest BCUT2D eigenvalue weighted by Crippen LogP contribution is -2.32. The van der Waals surface area contributed by atoms with E-state index in [4.69, 9.17) is 21.1 Å². The summed E-state index contributed by atoms with van der Waals surface area (Å²) in [6.07, 6.45) is 3.04. The minimum absolute atomic E-state index is 0.353. The van der Waals surface area contributed by atoms with Gasteiger partial charge in [-0.2, -0.15) is 5.10 Å². The first-order valence-electron chi connectivity index (χ1n) is 8.85. The average Bonchev–Trinajstić information content (AvgIpc) is 2.69. The van der Waals surface area contributed by atoms with Crippen LogP contribution >= 0.6 is 11.6 Å². The summed E-state index contributed by atoms with van der Waals surface area (Å²) in [4.78, 5) is 23.9. The maximum atomic E-state index is 12.0.